The zero-order valence-corrected chi connectivity index (χ0v) is 33.0. The van der Waals surface area contributed by atoms with E-state index in [0.29, 0.717) is 92.6 Å². The van der Waals surface area contributed by atoms with Gasteiger partial charge >= 0.3 is 12.1 Å². The normalized spacial score (nSPS) is 14.5. The molecule has 1 amide bonds. The zero-order valence-electron chi connectivity index (χ0n) is 33.0. The van der Waals surface area contributed by atoms with Gasteiger partial charge in [-0.05, 0) is 84.8 Å². The van der Waals surface area contributed by atoms with Gasteiger partial charge in [0.25, 0.3) is 0 Å². The van der Waals surface area contributed by atoms with Gasteiger partial charge in [-0.3, -0.25) is 9.59 Å². The van der Waals surface area contributed by atoms with Gasteiger partial charge in [0.2, 0.25) is 11.6 Å². The number of carbonyl (C=O) groups excluding carboxylic acids is 3. The molecule has 16 nitrogen and oxygen atoms in total. The van der Waals surface area contributed by atoms with Crippen molar-refractivity contribution in [1.82, 2.24) is 25.2 Å². The van der Waals surface area contributed by atoms with Crippen molar-refractivity contribution >= 4 is 46.0 Å². The number of hydrogen-bond acceptors (Lipinski definition) is 15. The largest absolute Gasteiger partial charge is 0.513 e. The summed E-state index contributed by atoms with van der Waals surface area (Å²) in [7, 11) is 3.75. The summed E-state index contributed by atoms with van der Waals surface area (Å²) in [5.41, 5.74) is 1.87. The Morgan fingerprint density at radius 3 is 2.57 bits per heavy atom. The fraction of sp³-hybridized carbons (Fsp3) is 0.550. The first-order valence-electron chi connectivity index (χ1n) is 19.1. The molecule has 304 valence electrons. The van der Waals surface area contributed by atoms with Gasteiger partial charge in [0.1, 0.15) is 17.9 Å². The van der Waals surface area contributed by atoms with E-state index < -0.39 is 17.7 Å². The molecule has 1 aromatic carbocycles. The molecule has 2 N–H and O–H groups in total. The summed E-state index contributed by atoms with van der Waals surface area (Å²) in [6.07, 6.45) is 2.66. The van der Waals surface area contributed by atoms with Gasteiger partial charge < -0.3 is 48.3 Å². The average Bonchev–Trinajstić information content (AvgIpc) is 3.55. The second kappa shape index (κ2) is 20.3. The molecule has 0 bridgehead atoms. The zero-order chi connectivity index (χ0) is 40.1. The van der Waals surface area contributed by atoms with Gasteiger partial charge in [0.05, 0.1) is 43.5 Å². The number of anilines is 1. The number of nitrogens with zero attached hydrogens (tertiary/aromatic N) is 5. The van der Waals surface area contributed by atoms with E-state index in [-0.39, 0.29) is 56.5 Å². The van der Waals surface area contributed by atoms with Crippen molar-refractivity contribution < 1.29 is 47.6 Å². The number of benzene rings is 1. The number of pyridine rings is 1. The van der Waals surface area contributed by atoms with E-state index >= 15 is 0 Å². The number of morpholine rings is 1. The van der Waals surface area contributed by atoms with Crippen LogP contribution in [0.15, 0.2) is 47.0 Å². The maximum absolute atomic E-state index is 12.5. The smallest absolute Gasteiger partial charge is 0.463 e. The molecule has 56 heavy (non-hydrogen) atoms. The molecule has 1 aliphatic rings. The minimum Gasteiger partial charge on any atom is -0.463 e. The summed E-state index contributed by atoms with van der Waals surface area (Å²) in [6, 6.07) is 10.5. The molecule has 0 saturated carbocycles. The molecule has 2 unspecified atom stereocenters. The maximum Gasteiger partial charge on any atom is 0.513 e. The van der Waals surface area contributed by atoms with Crippen LogP contribution in [0.3, 0.4) is 0 Å². The standard InChI is InChI=1S/C40H54N6O10/c1-40(2,3)56-30(24-28(25-47)45(4)5)26-53-33(49)15-9-14-32(48)41-16-6-7-20-52-39(50)54-29-12-8-11-27(23-29)36-43-34-31-13-10-17-42-38(31)55-35(34)37(44-36)46-18-21-51-22-19-46/h8,10-13,17,23,28,30,47H,6-7,9,14-16,18-22,24-26H2,1-5H3,(H,41,48). The van der Waals surface area contributed by atoms with Gasteiger partial charge in [0, 0.05) is 50.3 Å². The Morgan fingerprint density at radius 2 is 1.82 bits per heavy atom. The molecular formula is C40H54N6O10. The predicted molar refractivity (Wildman–Crippen MR) is 208 cm³/mol. The number of nitrogens with one attached hydrogen (secondary N) is 1. The Hall–Kier alpha value is -4.90. The molecule has 1 saturated heterocycles. The monoisotopic (exact) mass is 778 g/mol. The van der Waals surface area contributed by atoms with Crippen LogP contribution in [0.1, 0.15) is 59.3 Å². The van der Waals surface area contributed by atoms with Crippen molar-refractivity contribution in [3.8, 4) is 17.1 Å². The van der Waals surface area contributed by atoms with Crippen LogP contribution in [0.2, 0.25) is 0 Å². The molecule has 0 spiro atoms. The minimum atomic E-state index is -0.849. The lowest BCUT2D eigenvalue weighted by atomic mass is 10.1. The summed E-state index contributed by atoms with van der Waals surface area (Å²) in [5.74, 6) is 0.776. The number of unbranched alkanes of at least 4 members (excludes halogenated alkanes) is 1. The molecule has 4 aromatic rings. The molecule has 2 atom stereocenters. The SMILES string of the molecule is CN(C)C(CO)CC(COC(=O)CCCC(=O)NCCCCOC(=O)Oc1cccc(-c2nc(N3CCOCC3)c3oc4ncccc4c3n2)c1)OC(C)(C)C. The molecule has 0 radical (unpaired) electrons. The third kappa shape index (κ3) is 12.6. The van der Waals surface area contributed by atoms with Crippen LogP contribution in [0, 0.1) is 0 Å². The number of fused-ring (bicyclic) bond motifs is 3. The number of ether oxygens (including phenoxy) is 5. The summed E-state index contributed by atoms with van der Waals surface area (Å²) < 4.78 is 33.9. The highest BCUT2D eigenvalue weighted by Gasteiger charge is 2.26. The summed E-state index contributed by atoms with van der Waals surface area (Å²) in [4.78, 5) is 55.2. The number of esters is 1. The second-order valence-electron chi connectivity index (χ2n) is 14.8. The molecule has 4 heterocycles. The van der Waals surface area contributed by atoms with Crippen LogP contribution < -0.4 is 15.0 Å². The Morgan fingerprint density at radius 1 is 1.02 bits per heavy atom. The molecular weight excluding hydrogens is 724 g/mol. The highest BCUT2D eigenvalue weighted by Crippen LogP contribution is 2.35. The molecule has 1 aliphatic heterocycles. The van der Waals surface area contributed by atoms with E-state index in [9.17, 15) is 19.5 Å². The maximum atomic E-state index is 12.5. The lowest BCUT2D eigenvalue weighted by Gasteiger charge is -2.31. The van der Waals surface area contributed by atoms with Gasteiger partial charge in [0.15, 0.2) is 17.2 Å². The van der Waals surface area contributed by atoms with Gasteiger partial charge in [-0.15, -0.1) is 0 Å². The van der Waals surface area contributed by atoms with E-state index in [1.54, 1.807) is 24.4 Å². The van der Waals surface area contributed by atoms with E-state index in [4.69, 9.17) is 38.1 Å². The number of amides is 1. The minimum absolute atomic E-state index is 0.0357. The van der Waals surface area contributed by atoms with Crippen LogP contribution in [-0.4, -0.2) is 128 Å². The Bertz CT molecular complexity index is 1910. The molecule has 5 rings (SSSR count). The number of aromatic nitrogens is 3. The van der Waals surface area contributed by atoms with Gasteiger partial charge in [-0.1, -0.05) is 12.1 Å². The Kier molecular flexibility index (Phi) is 15.3. The molecule has 1 fully saturated rings. The Balaban J connectivity index is 1.01. The van der Waals surface area contributed by atoms with E-state index in [0.717, 1.165) is 5.39 Å². The average molecular weight is 779 g/mol. The number of carbonyl (C=O) groups is 3. The lowest BCUT2D eigenvalue weighted by Crippen LogP contribution is -2.40. The highest BCUT2D eigenvalue weighted by atomic mass is 16.7. The quantitative estimate of drug-likeness (QED) is 0.0743. The van der Waals surface area contributed by atoms with Crippen molar-refractivity contribution in [3.63, 3.8) is 0 Å². The number of aliphatic hydroxyl groups is 1. The predicted octanol–water partition coefficient (Wildman–Crippen LogP) is 4.90. The number of rotatable bonds is 19. The third-order valence-corrected chi connectivity index (χ3v) is 9.00. The van der Waals surface area contributed by atoms with E-state index in [2.05, 4.69) is 15.2 Å². The fourth-order valence-corrected chi connectivity index (χ4v) is 6.16. The number of furan rings is 1. The topological polar surface area (TPSA) is 188 Å². The summed E-state index contributed by atoms with van der Waals surface area (Å²) in [5, 5.41) is 13.3. The van der Waals surface area contributed by atoms with Crippen LogP contribution in [-0.2, 0) is 28.5 Å². The number of hydrogen-bond donors (Lipinski definition) is 2. The number of likely N-dealkylation sites (N-methyl/N-ethyl adjacent to an activating group) is 1. The van der Waals surface area contributed by atoms with Crippen LogP contribution in [0.25, 0.3) is 33.6 Å². The molecule has 3 aromatic heterocycles. The first kappa shape index (κ1) is 42.2. The van der Waals surface area contributed by atoms with Gasteiger partial charge in [-0.25, -0.2) is 19.7 Å². The third-order valence-electron chi connectivity index (χ3n) is 9.00. The van der Waals surface area contributed by atoms with Crippen molar-refractivity contribution in [2.24, 2.45) is 0 Å². The molecule has 16 heteroatoms. The number of aliphatic hydroxyl groups excluding tert-OH is 1. The highest BCUT2D eigenvalue weighted by molar-refractivity contribution is 6.05. The van der Waals surface area contributed by atoms with E-state index in [1.165, 1.54) is 0 Å². The van der Waals surface area contributed by atoms with Crippen molar-refractivity contribution in [2.75, 3.05) is 71.7 Å². The van der Waals surface area contributed by atoms with Crippen LogP contribution >= 0.6 is 0 Å². The fourth-order valence-electron chi connectivity index (χ4n) is 6.16. The summed E-state index contributed by atoms with van der Waals surface area (Å²) in [6.45, 7) is 8.76. The summed E-state index contributed by atoms with van der Waals surface area (Å²) >= 11 is 0. The van der Waals surface area contributed by atoms with Gasteiger partial charge in [-0.2, -0.15) is 0 Å². The van der Waals surface area contributed by atoms with Crippen molar-refractivity contribution in [2.45, 2.75) is 77.0 Å². The molecule has 0 aliphatic carbocycles. The van der Waals surface area contributed by atoms with Crippen LogP contribution in [0.4, 0.5) is 10.6 Å². The van der Waals surface area contributed by atoms with Crippen molar-refractivity contribution in [3.05, 3.63) is 42.6 Å². The van der Waals surface area contributed by atoms with Crippen LogP contribution in [0.5, 0.6) is 5.75 Å². The second-order valence-corrected chi connectivity index (χ2v) is 14.8. The van der Waals surface area contributed by atoms with Crippen molar-refractivity contribution in [1.29, 1.82) is 0 Å². The lowest BCUT2D eigenvalue weighted by molar-refractivity contribution is -0.154. The van der Waals surface area contributed by atoms with E-state index in [1.807, 2.05) is 58.0 Å². The Labute approximate surface area is 326 Å². The first-order chi connectivity index (χ1) is 26.9. The first-order valence-corrected chi connectivity index (χ1v) is 19.1.